The summed E-state index contributed by atoms with van der Waals surface area (Å²) in [5, 5.41) is 0. The fourth-order valence-electron chi connectivity index (χ4n) is 2.41. The zero-order valence-electron chi connectivity index (χ0n) is 11.0. The molecule has 1 aromatic rings. The van der Waals surface area contributed by atoms with E-state index in [1.54, 1.807) is 6.20 Å². The van der Waals surface area contributed by atoms with Gasteiger partial charge in [0.1, 0.15) is 11.6 Å². The van der Waals surface area contributed by atoms with E-state index < -0.39 is 0 Å². The number of carbonyl (C=O) groups excluding carboxylic acids is 1. The van der Waals surface area contributed by atoms with Gasteiger partial charge in [-0.05, 0) is 18.9 Å². The molecule has 2 aliphatic rings. The average Bonchev–Trinajstić information content (AvgIpc) is 3.31. The van der Waals surface area contributed by atoms with Crippen LogP contribution in [-0.4, -0.2) is 47.0 Å². The van der Waals surface area contributed by atoms with Crippen LogP contribution in [0.2, 0.25) is 0 Å². The molecule has 1 saturated heterocycles. The van der Waals surface area contributed by atoms with E-state index in [0.29, 0.717) is 24.2 Å². The normalized spacial score (nSPS) is 19.6. The lowest BCUT2D eigenvalue weighted by Gasteiger charge is -2.35. The lowest BCUT2D eigenvalue weighted by atomic mass is 10.2. The van der Waals surface area contributed by atoms with Crippen LogP contribution in [-0.2, 0) is 11.3 Å². The molecular weight excluding hydrogens is 242 g/mol. The molecule has 0 atom stereocenters. The van der Waals surface area contributed by atoms with Crippen LogP contribution in [0.1, 0.15) is 18.7 Å². The van der Waals surface area contributed by atoms with Gasteiger partial charge in [0.2, 0.25) is 5.91 Å². The Hall–Kier alpha value is -1.69. The molecule has 1 saturated carbocycles. The standard InChI is InChI=1S/C13H19N5O/c14-9-11-15-4-3-12(16-11)17-5-7-18(8-6-17)13(19)10-1-2-10/h3-4,10H,1-2,5-9,14H2. The van der Waals surface area contributed by atoms with Crippen LogP contribution in [0.15, 0.2) is 12.3 Å². The van der Waals surface area contributed by atoms with Crippen LogP contribution in [0.5, 0.6) is 0 Å². The molecule has 102 valence electrons. The van der Waals surface area contributed by atoms with E-state index in [0.717, 1.165) is 44.8 Å². The predicted molar refractivity (Wildman–Crippen MR) is 71.4 cm³/mol. The highest BCUT2D eigenvalue weighted by Gasteiger charge is 2.34. The van der Waals surface area contributed by atoms with Gasteiger partial charge in [0, 0.05) is 38.3 Å². The van der Waals surface area contributed by atoms with Crippen molar-refractivity contribution < 1.29 is 4.79 Å². The molecule has 0 spiro atoms. The van der Waals surface area contributed by atoms with Crippen molar-refractivity contribution in [3.05, 3.63) is 18.1 Å². The molecule has 1 amide bonds. The second-order valence-electron chi connectivity index (χ2n) is 5.12. The fourth-order valence-corrected chi connectivity index (χ4v) is 2.41. The third kappa shape index (κ3) is 2.68. The number of piperazine rings is 1. The first-order chi connectivity index (χ1) is 9.28. The molecule has 3 rings (SSSR count). The Morgan fingerprint density at radius 2 is 2.05 bits per heavy atom. The van der Waals surface area contributed by atoms with Gasteiger partial charge in [-0.1, -0.05) is 0 Å². The zero-order valence-corrected chi connectivity index (χ0v) is 11.0. The van der Waals surface area contributed by atoms with Crippen LogP contribution in [0, 0.1) is 5.92 Å². The Labute approximate surface area is 112 Å². The molecule has 2 N–H and O–H groups in total. The number of aromatic nitrogens is 2. The summed E-state index contributed by atoms with van der Waals surface area (Å²) in [4.78, 5) is 24.7. The van der Waals surface area contributed by atoms with Crippen molar-refractivity contribution in [3.63, 3.8) is 0 Å². The Bertz CT molecular complexity index is 466. The van der Waals surface area contributed by atoms with Crippen LogP contribution in [0.25, 0.3) is 0 Å². The second kappa shape index (κ2) is 5.13. The summed E-state index contributed by atoms with van der Waals surface area (Å²) in [5.74, 6) is 2.22. The predicted octanol–water partition coefficient (Wildman–Crippen LogP) is -0.00610. The van der Waals surface area contributed by atoms with Crippen LogP contribution in [0.3, 0.4) is 0 Å². The molecule has 6 nitrogen and oxygen atoms in total. The SMILES string of the molecule is NCc1nccc(N2CCN(C(=O)C3CC3)CC2)n1. The highest BCUT2D eigenvalue weighted by atomic mass is 16.2. The third-order valence-corrected chi connectivity index (χ3v) is 3.72. The maximum absolute atomic E-state index is 12.0. The number of nitrogens with zero attached hydrogens (tertiary/aromatic N) is 4. The van der Waals surface area contributed by atoms with E-state index in [1.807, 2.05) is 11.0 Å². The molecule has 0 radical (unpaired) electrons. The van der Waals surface area contributed by atoms with Gasteiger partial charge >= 0.3 is 0 Å². The van der Waals surface area contributed by atoms with Crippen molar-refractivity contribution in [1.29, 1.82) is 0 Å². The highest BCUT2D eigenvalue weighted by Crippen LogP contribution is 2.31. The number of anilines is 1. The van der Waals surface area contributed by atoms with Gasteiger partial charge in [0.05, 0.1) is 6.54 Å². The van der Waals surface area contributed by atoms with Crippen molar-refractivity contribution in [2.45, 2.75) is 19.4 Å². The van der Waals surface area contributed by atoms with E-state index in [-0.39, 0.29) is 0 Å². The number of hydrogen-bond donors (Lipinski definition) is 1. The summed E-state index contributed by atoms with van der Waals surface area (Å²) in [6.07, 6.45) is 3.89. The molecule has 6 heteroatoms. The van der Waals surface area contributed by atoms with Crippen LogP contribution in [0.4, 0.5) is 5.82 Å². The number of amides is 1. The first kappa shape index (κ1) is 12.3. The van der Waals surface area contributed by atoms with E-state index in [4.69, 9.17) is 5.73 Å². The van der Waals surface area contributed by atoms with E-state index in [1.165, 1.54) is 0 Å². The minimum Gasteiger partial charge on any atom is -0.353 e. The van der Waals surface area contributed by atoms with Gasteiger partial charge in [0.25, 0.3) is 0 Å². The molecule has 1 aliphatic heterocycles. The Morgan fingerprint density at radius 3 is 2.68 bits per heavy atom. The Balaban J connectivity index is 1.61. The van der Waals surface area contributed by atoms with E-state index in [2.05, 4.69) is 14.9 Å². The summed E-state index contributed by atoms with van der Waals surface area (Å²) in [6.45, 7) is 3.60. The minimum atomic E-state index is 0.314. The lowest BCUT2D eigenvalue weighted by Crippen LogP contribution is -2.49. The molecule has 2 heterocycles. The quantitative estimate of drug-likeness (QED) is 0.828. The molecule has 2 fully saturated rings. The maximum atomic E-state index is 12.0. The molecular formula is C13H19N5O. The van der Waals surface area contributed by atoms with E-state index in [9.17, 15) is 4.79 Å². The summed E-state index contributed by atoms with van der Waals surface area (Å²) in [6, 6.07) is 1.90. The maximum Gasteiger partial charge on any atom is 0.225 e. The highest BCUT2D eigenvalue weighted by molar-refractivity contribution is 5.81. The van der Waals surface area contributed by atoms with Crippen molar-refractivity contribution in [3.8, 4) is 0 Å². The first-order valence-corrected chi connectivity index (χ1v) is 6.83. The van der Waals surface area contributed by atoms with Crippen molar-refractivity contribution in [2.24, 2.45) is 11.7 Å². The van der Waals surface area contributed by atoms with Crippen molar-refractivity contribution >= 4 is 11.7 Å². The summed E-state index contributed by atoms with van der Waals surface area (Å²) < 4.78 is 0. The Morgan fingerprint density at radius 1 is 1.32 bits per heavy atom. The average molecular weight is 261 g/mol. The number of carbonyl (C=O) groups is 1. The molecule has 0 aromatic carbocycles. The first-order valence-electron chi connectivity index (χ1n) is 6.83. The summed E-state index contributed by atoms with van der Waals surface area (Å²) in [5.41, 5.74) is 5.55. The summed E-state index contributed by atoms with van der Waals surface area (Å²) in [7, 11) is 0. The number of hydrogen-bond acceptors (Lipinski definition) is 5. The summed E-state index contributed by atoms with van der Waals surface area (Å²) >= 11 is 0. The van der Waals surface area contributed by atoms with E-state index >= 15 is 0 Å². The van der Waals surface area contributed by atoms with Gasteiger partial charge in [0.15, 0.2) is 0 Å². The monoisotopic (exact) mass is 261 g/mol. The van der Waals surface area contributed by atoms with Gasteiger partial charge < -0.3 is 15.5 Å². The van der Waals surface area contributed by atoms with Gasteiger partial charge in [-0.25, -0.2) is 9.97 Å². The van der Waals surface area contributed by atoms with Gasteiger partial charge in [-0.15, -0.1) is 0 Å². The molecule has 0 bridgehead atoms. The lowest BCUT2D eigenvalue weighted by molar-refractivity contribution is -0.132. The molecule has 0 unspecified atom stereocenters. The van der Waals surface area contributed by atoms with Crippen LogP contribution < -0.4 is 10.6 Å². The number of nitrogens with two attached hydrogens (primary N) is 1. The van der Waals surface area contributed by atoms with Crippen molar-refractivity contribution in [1.82, 2.24) is 14.9 Å². The van der Waals surface area contributed by atoms with Gasteiger partial charge in [-0.2, -0.15) is 0 Å². The largest absolute Gasteiger partial charge is 0.353 e. The molecule has 1 aromatic heterocycles. The fraction of sp³-hybridized carbons (Fsp3) is 0.615. The zero-order chi connectivity index (χ0) is 13.2. The second-order valence-corrected chi connectivity index (χ2v) is 5.12. The Kier molecular flexibility index (Phi) is 3.33. The van der Waals surface area contributed by atoms with Crippen molar-refractivity contribution in [2.75, 3.05) is 31.1 Å². The topological polar surface area (TPSA) is 75.3 Å². The smallest absolute Gasteiger partial charge is 0.225 e. The molecule has 19 heavy (non-hydrogen) atoms. The minimum absolute atomic E-state index is 0.314. The number of rotatable bonds is 3. The van der Waals surface area contributed by atoms with Gasteiger partial charge in [-0.3, -0.25) is 4.79 Å². The van der Waals surface area contributed by atoms with Crippen LogP contribution >= 0.6 is 0 Å². The third-order valence-electron chi connectivity index (χ3n) is 3.72. The molecule has 1 aliphatic carbocycles.